The van der Waals surface area contributed by atoms with E-state index in [0.717, 1.165) is 28.6 Å². The van der Waals surface area contributed by atoms with Gasteiger partial charge in [-0.25, -0.2) is 0 Å². The zero-order chi connectivity index (χ0) is 15.2. The standard InChI is InChI=1S/C18H21BrO2/c1-13-7-8-18(21-2)16(9-13)11-14(12-20)10-15-5-3-4-6-17(15)19/h3-9,14,20H,10-12H2,1-2H3. The second kappa shape index (κ2) is 7.62. The van der Waals surface area contributed by atoms with Crippen LogP contribution in [0.5, 0.6) is 5.75 Å². The Labute approximate surface area is 134 Å². The van der Waals surface area contributed by atoms with E-state index in [1.165, 1.54) is 11.1 Å². The largest absolute Gasteiger partial charge is 0.496 e. The summed E-state index contributed by atoms with van der Waals surface area (Å²) in [5, 5.41) is 9.72. The Morgan fingerprint density at radius 2 is 1.81 bits per heavy atom. The zero-order valence-electron chi connectivity index (χ0n) is 12.5. The van der Waals surface area contributed by atoms with Crippen molar-refractivity contribution in [3.8, 4) is 5.75 Å². The molecule has 0 fully saturated rings. The Kier molecular flexibility index (Phi) is 5.83. The molecule has 2 nitrogen and oxygen atoms in total. The van der Waals surface area contributed by atoms with Crippen molar-refractivity contribution in [1.29, 1.82) is 0 Å². The van der Waals surface area contributed by atoms with E-state index in [4.69, 9.17) is 4.74 Å². The van der Waals surface area contributed by atoms with Gasteiger partial charge >= 0.3 is 0 Å². The van der Waals surface area contributed by atoms with Gasteiger partial charge in [-0.1, -0.05) is 51.8 Å². The number of benzene rings is 2. The molecule has 0 aliphatic rings. The molecule has 3 heteroatoms. The Balaban J connectivity index is 2.16. The third-order valence-corrected chi connectivity index (χ3v) is 4.44. The minimum absolute atomic E-state index is 0.165. The molecule has 0 saturated heterocycles. The van der Waals surface area contributed by atoms with Crippen molar-refractivity contribution < 1.29 is 9.84 Å². The molecule has 0 radical (unpaired) electrons. The van der Waals surface area contributed by atoms with E-state index in [2.05, 4.69) is 35.0 Å². The number of aliphatic hydroxyl groups is 1. The third-order valence-electron chi connectivity index (χ3n) is 3.67. The first kappa shape index (κ1) is 16.1. The van der Waals surface area contributed by atoms with Crippen molar-refractivity contribution >= 4 is 15.9 Å². The van der Waals surface area contributed by atoms with Crippen molar-refractivity contribution in [2.75, 3.05) is 13.7 Å². The molecule has 0 aromatic heterocycles. The molecule has 0 amide bonds. The first-order chi connectivity index (χ1) is 10.1. The average molecular weight is 349 g/mol. The van der Waals surface area contributed by atoms with E-state index in [0.29, 0.717) is 0 Å². The molecule has 0 saturated carbocycles. The molecule has 2 aromatic carbocycles. The molecule has 1 unspecified atom stereocenters. The van der Waals surface area contributed by atoms with Gasteiger partial charge in [0, 0.05) is 11.1 Å². The lowest BCUT2D eigenvalue weighted by molar-refractivity contribution is 0.224. The molecule has 1 atom stereocenters. The highest BCUT2D eigenvalue weighted by molar-refractivity contribution is 9.10. The first-order valence-electron chi connectivity index (χ1n) is 7.11. The summed E-state index contributed by atoms with van der Waals surface area (Å²) >= 11 is 3.57. The molecule has 1 N–H and O–H groups in total. The fourth-order valence-corrected chi connectivity index (χ4v) is 3.00. The number of ether oxygens (including phenoxy) is 1. The van der Waals surface area contributed by atoms with Gasteiger partial charge in [0.25, 0.3) is 0 Å². The Morgan fingerprint density at radius 3 is 2.48 bits per heavy atom. The van der Waals surface area contributed by atoms with Crippen LogP contribution in [0.25, 0.3) is 0 Å². The van der Waals surface area contributed by atoms with Gasteiger partial charge in [-0.15, -0.1) is 0 Å². The highest BCUT2D eigenvalue weighted by Gasteiger charge is 2.14. The maximum Gasteiger partial charge on any atom is 0.122 e. The minimum atomic E-state index is 0.165. The molecular weight excluding hydrogens is 328 g/mol. The van der Waals surface area contributed by atoms with E-state index >= 15 is 0 Å². The zero-order valence-corrected chi connectivity index (χ0v) is 14.1. The van der Waals surface area contributed by atoms with Gasteiger partial charge in [0.1, 0.15) is 5.75 Å². The average Bonchev–Trinajstić information content (AvgIpc) is 2.49. The van der Waals surface area contributed by atoms with E-state index in [1.54, 1.807) is 7.11 Å². The van der Waals surface area contributed by atoms with Crippen LogP contribution in [-0.4, -0.2) is 18.8 Å². The number of aliphatic hydroxyl groups excluding tert-OH is 1. The maximum absolute atomic E-state index is 9.72. The van der Waals surface area contributed by atoms with Gasteiger partial charge in [-0.05, 0) is 48.9 Å². The van der Waals surface area contributed by atoms with Crippen molar-refractivity contribution in [2.24, 2.45) is 5.92 Å². The number of hydrogen-bond acceptors (Lipinski definition) is 2. The SMILES string of the molecule is COc1ccc(C)cc1CC(CO)Cc1ccccc1Br. The second-order valence-corrected chi connectivity index (χ2v) is 6.22. The number of methoxy groups -OCH3 is 1. The molecule has 0 heterocycles. The predicted molar refractivity (Wildman–Crippen MR) is 89.9 cm³/mol. The fourth-order valence-electron chi connectivity index (χ4n) is 2.55. The van der Waals surface area contributed by atoms with Crippen LogP contribution in [0.4, 0.5) is 0 Å². The summed E-state index contributed by atoms with van der Waals surface area (Å²) in [5.74, 6) is 1.07. The van der Waals surface area contributed by atoms with Crippen LogP contribution in [0, 0.1) is 12.8 Å². The van der Waals surface area contributed by atoms with Crippen LogP contribution >= 0.6 is 15.9 Å². The summed E-state index contributed by atoms with van der Waals surface area (Å²) in [5.41, 5.74) is 3.59. The van der Waals surface area contributed by atoms with E-state index < -0.39 is 0 Å². The van der Waals surface area contributed by atoms with Crippen LogP contribution in [-0.2, 0) is 12.8 Å². The van der Waals surface area contributed by atoms with Crippen LogP contribution < -0.4 is 4.74 Å². The molecule has 2 aromatic rings. The van der Waals surface area contributed by atoms with Gasteiger partial charge in [0.2, 0.25) is 0 Å². The minimum Gasteiger partial charge on any atom is -0.496 e. The molecule has 2 rings (SSSR count). The molecule has 0 spiro atoms. The normalized spacial score (nSPS) is 12.2. The van der Waals surface area contributed by atoms with Crippen molar-refractivity contribution in [3.63, 3.8) is 0 Å². The molecule has 0 aliphatic heterocycles. The smallest absolute Gasteiger partial charge is 0.122 e. The van der Waals surface area contributed by atoms with Crippen molar-refractivity contribution in [1.82, 2.24) is 0 Å². The summed E-state index contributed by atoms with van der Waals surface area (Å²) in [4.78, 5) is 0. The van der Waals surface area contributed by atoms with Crippen LogP contribution in [0.2, 0.25) is 0 Å². The highest BCUT2D eigenvalue weighted by atomic mass is 79.9. The summed E-state index contributed by atoms with van der Waals surface area (Å²) < 4.78 is 6.53. The van der Waals surface area contributed by atoms with Gasteiger partial charge < -0.3 is 9.84 Å². The third kappa shape index (κ3) is 4.32. The number of hydrogen-bond donors (Lipinski definition) is 1. The first-order valence-corrected chi connectivity index (χ1v) is 7.91. The lowest BCUT2D eigenvalue weighted by Gasteiger charge is -2.17. The lowest BCUT2D eigenvalue weighted by atomic mass is 9.92. The number of halogens is 1. The van der Waals surface area contributed by atoms with Crippen LogP contribution in [0.1, 0.15) is 16.7 Å². The van der Waals surface area contributed by atoms with Gasteiger partial charge in [0.15, 0.2) is 0 Å². The Bertz CT molecular complexity index is 596. The lowest BCUT2D eigenvalue weighted by Crippen LogP contribution is -2.14. The van der Waals surface area contributed by atoms with E-state index in [1.807, 2.05) is 30.3 Å². The summed E-state index contributed by atoms with van der Waals surface area (Å²) in [6.45, 7) is 2.24. The Hall–Kier alpha value is -1.32. The van der Waals surface area contributed by atoms with Crippen molar-refractivity contribution in [3.05, 3.63) is 63.6 Å². The van der Waals surface area contributed by atoms with Gasteiger partial charge in [-0.2, -0.15) is 0 Å². The summed E-state index contributed by atoms with van der Waals surface area (Å²) in [6.07, 6.45) is 1.65. The molecule has 112 valence electrons. The molecule has 0 bridgehead atoms. The van der Waals surface area contributed by atoms with Crippen LogP contribution in [0.3, 0.4) is 0 Å². The highest BCUT2D eigenvalue weighted by Crippen LogP contribution is 2.26. The Morgan fingerprint density at radius 1 is 1.10 bits per heavy atom. The molecular formula is C18H21BrO2. The molecule has 21 heavy (non-hydrogen) atoms. The topological polar surface area (TPSA) is 29.5 Å². The second-order valence-electron chi connectivity index (χ2n) is 5.36. The summed E-state index contributed by atoms with van der Waals surface area (Å²) in [6, 6.07) is 14.4. The molecule has 0 aliphatic carbocycles. The fraction of sp³-hybridized carbons (Fsp3) is 0.333. The van der Waals surface area contributed by atoms with E-state index in [-0.39, 0.29) is 12.5 Å². The number of aryl methyl sites for hydroxylation is 1. The van der Waals surface area contributed by atoms with Crippen LogP contribution in [0.15, 0.2) is 46.9 Å². The maximum atomic E-state index is 9.72. The predicted octanol–water partition coefficient (Wildman–Crippen LogP) is 4.16. The van der Waals surface area contributed by atoms with Gasteiger partial charge in [-0.3, -0.25) is 0 Å². The monoisotopic (exact) mass is 348 g/mol. The van der Waals surface area contributed by atoms with E-state index in [9.17, 15) is 5.11 Å². The quantitative estimate of drug-likeness (QED) is 0.849. The van der Waals surface area contributed by atoms with Gasteiger partial charge in [0.05, 0.1) is 7.11 Å². The summed E-state index contributed by atoms with van der Waals surface area (Å²) in [7, 11) is 1.69. The number of rotatable bonds is 6. The van der Waals surface area contributed by atoms with Crippen molar-refractivity contribution in [2.45, 2.75) is 19.8 Å².